The molecule has 0 saturated heterocycles. The third-order valence-corrected chi connectivity index (χ3v) is 3.58. The molecule has 0 aliphatic carbocycles. The van der Waals surface area contributed by atoms with Crippen LogP contribution in [0.15, 0.2) is 54.6 Å². The highest BCUT2D eigenvalue weighted by atomic mass is 16.3. The number of hydrogen-bond acceptors (Lipinski definition) is 3. The minimum Gasteiger partial charge on any atom is -0.386 e. The number of aryl methyl sites for hydroxylation is 2. The normalized spacial score (nSPS) is 12.3. The molecule has 0 fully saturated rings. The van der Waals surface area contributed by atoms with Crippen molar-refractivity contribution in [1.82, 2.24) is 14.8 Å². The molecule has 1 aromatic heterocycles. The first-order valence-electron chi connectivity index (χ1n) is 7.35. The second-order valence-electron chi connectivity index (χ2n) is 5.46. The van der Waals surface area contributed by atoms with E-state index in [1.54, 1.807) is 4.68 Å². The van der Waals surface area contributed by atoms with Crippen LogP contribution in [0.1, 0.15) is 23.1 Å². The van der Waals surface area contributed by atoms with E-state index in [9.17, 15) is 5.11 Å². The van der Waals surface area contributed by atoms with E-state index >= 15 is 0 Å². The van der Waals surface area contributed by atoms with Crippen LogP contribution in [-0.4, -0.2) is 19.9 Å². The summed E-state index contributed by atoms with van der Waals surface area (Å²) < 4.78 is 1.78. The minimum absolute atomic E-state index is 0.383. The quantitative estimate of drug-likeness (QED) is 0.803. The van der Waals surface area contributed by atoms with E-state index in [4.69, 9.17) is 0 Å². The largest absolute Gasteiger partial charge is 0.386 e. The van der Waals surface area contributed by atoms with E-state index < -0.39 is 6.10 Å². The summed E-state index contributed by atoms with van der Waals surface area (Å²) in [6.07, 6.45) is -0.606. The maximum atomic E-state index is 10.4. The smallest absolute Gasteiger partial charge is 0.158 e. The molecule has 0 radical (unpaired) electrons. The third-order valence-electron chi connectivity index (χ3n) is 3.58. The maximum absolute atomic E-state index is 10.4. The zero-order valence-corrected chi connectivity index (χ0v) is 12.8. The Morgan fingerprint density at radius 1 is 1.05 bits per heavy atom. The number of aliphatic hydroxyl groups excluding tert-OH is 1. The first-order valence-corrected chi connectivity index (χ1v) is 7.35. The van der Waals surface area contributed by atoms with E-state index in [1.807, 2.05) is 49.4 Å². The molecule has 0 amide bonds. The molecule has 1 atom stereocenters. The Hall–Kier alpha value is -2.46. The Morgan fingerprint density at radius 3 is 2.55 bits per heavy atom. The lowest BCUT2D eigenvalue weighted by atomic mass is 10.1. The van der Waals surface area contributed by atoms with Crippen molar-refractivity contribution >= 4 is 0 Å². The Labute approximate surface area is 130 Å². The molecule has 4 nitrogen and oxygen atoms in total. The van der Waals surface area contributed by atoms with Crippen molar-refractivity contribution in [1.29, 1.82) is 0 Å². The molecule has 1 N–H and O–H groups in total. The lowest BCUT2D eigenvalue weighted by molar-refractivity contribution is 0.152. The topological polar surface area (TPSA) is 50.9 Å². The molecular weight excluding hydrogens is 274 g/mol. The van der Waals surface area contributed by atoms with Gasteiger partial charge in [-0.1, -0.05) is 54.1 Å². The van der Waals surface area contributed by atoms with Crippen LogP contribution in [0.5, 0.6) is 0 Å². The fraction of sp³-hybridized carbons (Fsp3) is 0.222. The summed E-state index contributed by atoms with van der Waals surface area (Å²) in [5.41, 5.74) is 3.07. The summed E-state index contributed by atoms with van der Waals surface area (Å²) in [4.78, 5) is 4.51. The van der Waals surface area contributed by atoms with Crippen LogP contribution in [-0.2, 0) is 6.54 Å². The van der Waals surface area contributed by atoms with Gasteiger partial charge < -0.3 is 5.11 Å². The molecule has 3 aromatic rings. The lowest BCUT2D eigenvalue weighted by Gasteiger charge is -2.13. The van der Waals surface area contributed by atoms with Crippen LogP contribution in [0.4, 0.5) is 0 Å². The Kier molecular flexibility index (Phi) is 4.02. The van der Waals surface area contributed by atoms with E-state index in [0.717, 1.165) is 17.0 Å². The number of aromatic nitrogens is 3. The summed E-state index contributed by atoms with van der Waals surface area (Å²) in [5.74, 6) is 1.49. The summed E-state index contributed by atoms with van der Waals surface area (Å²) in [7, 11) is 0. The van der Waals surface area contributed by atoms with Crippen LogP contribution < -0.4 is 0 Å². The van der Waals surface area contributed by atoms with E-state index in [1.165, 1.54) is 5.56 Å². The number of nitrogens with zero attached hydrogens (tertiary/aromatic N) is 3. The third kappa shape index (κ3) is 3.07. The fourth-order valence-electron chi connectivity index (χ4n) is 2.52. The van der Waals surface area contributed by atoms with Crippen molar-refractivity contribution < 1.29 is 5.11 Å². The van der Waals surface area contributed by atoms with Gasteiger partial charge in [0.15, 0.2) is 5.82 Å². The highest BCUT2D eigenvalue weighted by Crippen LogP contribution is 2.21. The van der Waals surface area contributed by atoms with Gasteiger partial charge in [-0.3, -0.25) is 0 Å². The summed E-state index contributed by atoms with van der Waals surface area (Å²) in [6.45, 7) is 4.30. The minimum atomic E-state index is -0.606. The average Bonchev–Trinajstić information content (AvgIpc) is 2.89. The predicted molar refractivity (Wildman–Crippen MR) is 86.3 cm³/mol. The maximum Gasteiger partial charge on any atom is 0.158 e. The van der Waals surface area contributed by atoms with Gasteiger partial charge in [0.2, 0.25) is 0 Å². The van der Waals surface area contributed by atoms with Gasteiger partial charge >= 0.3 is 0 Å². The highest BCUT2D eigenvalue weighted by molar-refractivity contribution is 5.56. The summed E-state index contributed by atoms with van der Waals surface area (Å²) in [5, 5.41) is 14.8. The van der Waals surface area contributed by atoms with Crippen molar-refractivity contribution in [2.45, 2.75) is 26.5 Å². The molecule has 2 aromatic carbocycles. The van der Waals surface area contributed by atoms with Gasteiger partial charge in [0.05, 0.1) is 12.6 Å². The number of hydrogen-bond donors (Lipinski definition) is 1. The molecular formula is C18H19N3O. The zero-order chi connectivity index (χ0) is 15.5. The van der Waals surface area contributed by atoms with Crippen LogP contribution in [0.25, 0.3) is 11.4 Å². The van der Waals surface area contributed by atoms with Gasteiger partial charge in [-0.25, -0.2) is 9.67 Å². The van der Waals surface area contributed by atoms with Crippen molar-refractivity contribution in [2.75, 3.05) is 0 Å². The van der Waals surface area contributed by atoms with E-state index in [2.05, 4.69) is 29.1 Å². The molecule has 0 saturated carbocycles. The van der Waals surface area contributed by atoms with Crippen molar-refractivity contribution in [3.63, 3.8) is 0 Å². The number of aliphatic hydroxyl groups is 1. The van der Waals surface area contributed by atoms with Gasteiger partial charge in [0, 0.05) is 5.56 Å². The molecule has 112 valence electrons. The van der Waals surface area contributed by atoms with Crippen molar-refractivity contribution in [3.05, 3.63) is 71.5 Å². The predicted octanol–water partition coefficient (Wildman–Crippen LogP) is 3.30. The summed E-state index contributed by atoms with van der Waals surface area (Å²) in [6, 6.07) is 17.8. The van der Waals surface area contributed by atoms with Gasteiger partial charge in [0.25, 0.3) is 0 Å². The number of rotatable bonds is 4. The molecule has 22 heavy (non-hydrogen) atoms. The van der Waals surface area contributed by atoms with E-state index in [-0.39, 0.29) is 0 Å². The molecule has 4 heteroatoms. The van der Waals surface area contributed by atoms with E-state index in [0.29, 0.717) is 12.4 Å². The van der Waals surface area contributed by atoms with Crippen LogP contribution in [0, 0.1) is 13.8 Å². The lowest BCUT2D eigenvalue weighted by Crippen LogP contribution is -2.11. The van der Waals surface area contributed by atoms with Gasteiger partial charge in [-0.2, -0.15) is 5.10 Å². The Bertz CT molecular complexity index is 765. The molecule has 0 aliphatic heterocycles. The van der Waals surface area contributed by atoms with Gasteiger partial charge in [-0.05, 0) is 25.5 Å². The molecule has 3 rings (SSSR count). The second-order valence-corrected chi connectivity index (χ2v) is 5.46. The average molecular weight is 293 g/mol. The van der Waals surface area contributed by atoms with Crippen molar-refractivity contribution in [2.24, 2.45) is 0 Å². The van der Waals surface area contributed by atoms with Gasteiger partial charge in [-0.15, -0.1) is 0 Å². The fourth-order valence-corrected chi connectivity index (χ4v) is 2.52. The standard InChI is InChI=1S/C18H19N3O/c1-13-7-6-10-16(11-13)18-19-14(2)20-21(18)12-17(22)15-8-4-3-5-9-15/h3-11,17,22H,12H2,1-2H3. The van der Waals surface area contributed by atoms with Crippen LogP contribution >= 0.6 is 0 Å². The SMILES string of the molecule is Cc1cccc(-c2nc(C)nn2CC(O)c2ccccc2)c1. The van der Waals surface area contributed by atoms with Gasteiger partial charge in [0.1, 0.15) is 5.82 Å². The molecule has 0 bridgehead atoms. The zero-order valence-electron chi connectivity index (χ0n) is 12.8. The first-order chi connectivity index (χ1) is 10.6. The monoisotopic (exact) mass is 293 g/mol. The number of benzene rings is 2. The van der Waals surface area contributed by atoms with Crippen molar-refractivity contribution in [3.8, 4) is 11.4 Å². The summed E-state index contributed by atoms with van der Waals surface area (Å²) >= 11 is 0. The second kappa shape index (κ2) is 6.12. The Balaban J connectivity index is 1.92. The first kappa shape index (κ1) is 14.5. The highest BCUT2D eigenvalue weighted by Gasteiger charge is 2.15. The molecule has 0 aliphatic rings. The Morgan fingerprint density at radius 2 is 1.82 bits per heavy atom. The van der Waals surface area contributed by atoms with Crippen LogP contribution in [0.2, 0.25) is 0 Å². The molecule has 0 spiro atoms. The molecule has 1 heterocycles. The van der Waals surface area contributed by atoms with Crippen LogP contribution in [0.3, 0.4) is 0 Å². The molecule has 1 unspecified atom stereocenters.